The predicted molar refractivity (Wildman–Crippen MR) is 294 cm³/mol. The molecule has 8 heteroatoms. The summed E-state index contributed by atoms with van der Waals surface area (Å²) < 4.78 is 11.5. The Hall–Kier alpha value is -3.81. The summed E-state index contributed by atoms with van der Waals surface area (Å²) in [5.74, 6) is -2.13. The lowest BCUT2D eigenvalue weighted by Gasteiger charge is -2.22. The van der Waals surface area contributed by atoms with Crippen LogP contribution in [0.25, 0.3) is 0 Å². The van der Waals surface area contributed by atoms with Crippen LogP contribution in [0.3, 0.4) is 0 Å². The van der Waals surface area contributed by atoms with Gasteiger partial charge in [0.25, 0.3) is 5.91 Å². The van der Waals surface area contributed by atoms with Crippen LogP contribution < -0.4 is 14.8 Å². The van der Waals surface area contributed by atoms with Gasteiger partial charge in [-0.1, -0.05) is 258 Å². The molecule has 0 aromatic heterocycles. The van der Waals surface area contributed by atoms with Crippen molar-refractivity contribution in [3.8, 4) is 11.5 Å². The molecule has 1 aliphatic carbocycles. The monoisotopic (exact) mass is 984 g/mol. The zero-order valence-corrected chi connectivity index (χ0v) is 45.7. The molecule has 1 amide bonds. The zero-order valence-electron chi connectivity index (χ0n) is 45.7. The third-order valence-electron chi connectivity index (χ3n) is 14.6. The van der Waals surface area contributed by atoms with Crippen LogP contribution in [0.2, 0.25) is 0 Å². The first-order chi connectivity index (χ1) is 34.8. The highest BCUT2D eigenvalue weighted by Crippen LogP contribution is 2.36. The number of amides is 1. The SMILES string of the molecule is CCCCCCCCCCCCCCCCCC(=O)Oc1ccc2c(c1)C(=O)c1ccc(OC(=O)CCCCCCCCCCCCCCCCC)c(C(=O)NCCCCCCCCCCCC)c1C2=O. The van der Waals surface area contributed by atoms with Gasteiger partial charge >= 0.3 is 11.9 Å². The molecule has 1 aliphatic rings. The van der Waals surface area contributed by atoms with E-state index in [1.165, 1.54) is 223 Å². The van der Waals surface area contributed by atoms with Gasteiger partial charge in [0, 0.05) is 36.1 Å². The summed E-state index contributed by atoms with van der Waals surface area (Å²) in [7, 11) is 0. The van der Waals surface area contributed by atoms with E-state index in [9.17, 15) is 24.0 Å². The lowest BCUT2D eigenvalue weighted by Crippen LogP contribution is -2.31. The molecule has 1 N–H and O–H groups in total. The molecule has 0 fully saturated rings. The highest BCUT2D eigenvalue weighted by molar-refractivity contribution is 6.31. The first-order valence-electron chi connectivity index (χ1n) is 29.9. The number of nitrogens with one attached hydrogen (secondary N) is 1. The molecular formula is C63H101NO7. The summed E-state index contributed by atoms with van der Waals surface area (Å²) in [6, 6.07) is 7.43. The second kappa shape index (κ2) is 40.6. The van der Waals surface area contributed by atoms with Crippen LogP contribution in [0.4, 0.5) is 0 Å². The van der Waals surface area contributed by atoms with Gasteiger partial charge in [-0.3, -0.25) is 24.0 Å². The summed E-state index contributed by atoms with van der Waals surface area (Å²) in [5, 5.41) is 2.97. The third-order valence-corrected chi connectivity index (χ3v) is 14.6. The lowest BCUT2D eigenvalue weighted by atomic mass is 9.81. The van der Waals surface area contributed by atoms with Crippen LogP contribution in [-0.4, -0.2) is 36.0 Å². The average Bonchev–Trinajstić information content (AvgIpc) is 3.37. The van der Waals surface area contributed by atoms with Gasteiger partial charge in [0.1, 0.15) is 11.5 Å². The maximum absolute atomic E-state index is 14.3. The van der Waals surface area contributed by atoms with Gasteiger partial charge < -0.3 is 14.8 Å². The van der Waals surface area contributed by atoms with Crippen molar-refractivity contribution in [3.63, 3.8) is 0 Å². The number of fused-ring (bicyclic) bond motifs is 2. The molecule has 0 atom stereocenters. The van der Waals surface area contributed by atoms with E-state index >= 15 is 0 Å². The maximum Gasteiger partial charge on any atom is 0.311 e. The molecule has 3 rings (SSSR count). The van der Waals surface area contributed by atoms with Crippen LogP contribution in [0.1, 0.15) is 333 Å². The van der Waals surface area contributed by atoms with Crippen molar-refractivity contribution in [2.75, 3.05) is 6.54 Å². The smallest absolute Gasteiger partial charge is 0.311 e. The Labute approximate surface area is 433 Å². The van der Waals surface area contributed by atoms with Gasteiger partial charge in [-0.25, -0.2) is 0 Å². The topological polar surface area (TPSA) is 116 Å². The van der Waals surface area contributed by atoms with Gasteiger partial charge in [-0.05, 0) is 49.6 Å². The number of carbonyl (C=O) groups is 5. The Morgan fingerprint density at radius 2 is 0.732 bits per heavy atom. The van der Waals surface area contributed by atoms with E-state index in [-0.39, 0.29) is 58.1 Å². The number of esters is 2. The lowest BCUT2D eigenvalue weighted by molar-refractivity contribution is -0.135. The second-order valence-electron chi connectivity index (χ2n) is 21.0. The molecule has 0 spiro atoms. The number of benzene rings is 2. The number of unbranched alkanes of at least 4 members (excludes halogenated alkanes) is 37. The Bertz CT molecular complexity index is 1780. The van der Waals surface area contributed by atoms with Crippen molar-refractivity contribution in [2.24, 2.45) is 0 Å². The van der Waals surface area contributed by atoms with Gasteiger partial charge in [-0.2, -0.15) is 0 Å². The van der Waals surface area contributed by atoms with E-state index in [1.807, 2.05) is 0 Å². The van der Waals surface area contributed by atoms with Crippen molar-refractivity contribution in [1.82, 2.24) is 5.32 Å². The van der Waals surface area contributed by atoms with Crippen LogP contribution in [0, 0.1) is 0 Å². The minimum absolute atomic E-state index is 0.00997. The van der Waals surface area contributed by atoms with Crippen LogP contribution >= 0.6 is 0 Å². The van der Waals surface area contributed by atoms with E-state index < -0.39 is 23.4 Å². The molecule has 71 heavy (non-hydrogen) atoms. The molecule has 0 saturated carbocycles. The van der Waals surface area contributed by atoms with Crippen LogP contribution in [0.5, 0.6) is 11.5 Å². The molecule has 0 saturated heterocycles. The Morgan fingerprint density at radius 1 is 0.380 bits per heavy atom. The van der Waals surface area contributed by atoms with Crippen molar-refractivity contribution in [3.05, 3.63) is 58.1 Å². The highest BCUT2D eigenvalue weighted by Gasteiger charge is 2.36. The minimum Gasteiger partial charge on any atom is -0.427 e. The molecule has 400 valence electrons. The second-order valence-corrected chi connectivity index (χ2v) is 21.0. The fraction of sp³-hybridized carbons (Fsp3) is 0.730. The van der Waals surface area contributed by atoms with Crippen LogP contribution in [0.15, 0.2) is 30.3 Å². The standard InChI is InChI=1S/C63H101NO7/c1-4-7-10-13-16-19-22-24-26-28-30-32-35-38-41-44-57(65)70-52-46-47-53-55(51-52)61(67)54-48-49-56(71-58(66)45-42-39-36-33-31-29-27-25-23-20-17-14-11-8-5-2)60(59(54)62(53)68)63(69)64-50-43-40-37-34-21-18-15-12-9-6-3/h46-49,51H,4-45,50H2,1-3H3,(H,64,69). The molecule has 0 bridgehead atoms. The minimum atomic E-state index is -0.540. The largest absolute Gasteiger partial charge is 0.427 e. The first kappa shape index (κ1) is 61.5. The van der Waals surface area contributed by atoms with Crippen molar-refractivity contribution >= 4 is 29.4 Å². The fourth-order valence-electron chi connectivity index (χ4n) is 10.1. The van der Waals surface area contributed by atoms with Crippen molar-refractivity contribution in [2.45, 2.75) is 290 Å². The average molecular weight is 985 g/mol. The van der Waals surface area contributed by atoms with Crippen molar-refractivity contribution < 1.29 is 33.4 Å². The highest BCUT2D eigenvalue weighted by atomic mass is 16.5. The van der Waals surface area contributed by atoms with E-state index in [0.29, 0.717) is 13.0 Å². The Kier molecular flexibility index (Phi) is 35.2. The number of hydrogen-bond donors (Lipinski definition) is 1. The van der Waals surface area contributed by atoms with E-state index in [2.05, 4.69) is 26.1 Å². The molecule has 2 aromatic carbocycles. The Morgan fingerprint density at radius 3 is 1.14 bits per heavy atom. The van der Waals surface area contributed by atoms with Crippen molar-refractivity contribution in [1.29, 1.82) is 0 Å². The van der Waals surface area contributed by atoms with E-state index in [1.54, 1.807) is 0 Å². The fourth-order valence-corrected chi connectivity index (χ4v) is 10.1. The summed E-state index contributed by atoms with van der Waals surface area (Å²) in [6.45, 7) is 7.16. The number of ether oxygens (including phenoxy) is 2. The molecule has 0 aliphatic heterocycles. The maximum atomic E-state index is 14.3. The van der Waals surface area contributed by atoms with Gasteiger partial charge in [0.15, 0.2) is 11.6 Å². The molecule has 8 nitrogen and oxygen atoms in total. The predicted octanol–water partition coefficient (Wildman–Crippen LogP) is 18.4. The zero-order chi connectivity index (χ0) is 51.0. The summed E-state index contributed by atoms with van der Waals surface area (Å²) in [4.78, 5) is 68.6. The molecule has 0 unspecified atom stereocenters. The summed E-state index contributed by atoms with van der Waals surface area (Å²) >= 11 is 0. The van der Waals surface area contributed by atoms with E-state index in [0.717, 1.165) is 57.8 Å². The number of rotatable bonds is 46. The quantitative estimate of drug-likeness (QED) is 0.0340. The number of carbonyl (C=O) groups excluding carboxylic acids is 5. The summed E-state index contributed by atoms with van der Waals surface area (Å²) in [6.07, 6.45) is 49.2. The number of ketones is 2. The normalized spacial score (nSPS) is 12.0. The van der Waals surface area contributed by atoms with Gasteiger partial charge in [0.05, 0.1) is 11.1 Å². The summed E-state index contributed by atoms with van der Waals surface area (Å²) in [5.41, 5.74) is 0.167. The first-order valence-corrected chi connectivity index (χ1v) is 29.9. The Balaban J connectivity index is 1.51. The van der Waals surface area contributed by atoms with Gasteiger partial charge in [0.2, 0.25) is 0 Å². The number of hydrogen-bond acceptors (Lipinski definition) is 7. The third kappa shape index (κ3) is 26.6. The molecular weight excluding hydrogens is 883 g/mol. The van der Waals surface area contributed by atoms with Gasteiger partial charge in [-0.15, -0.1) is 0 Å². The molecule has 2 aromatic rings. The van der Waals surface area contributed by atoms with Crippen LogP contribution in [-0.2, 0) is 9.59 Å². The van der Waals surface area contributed by atoms with E-state index in [4.69, 9.17) is 9.47 Å². The molecule has 0 heterocycles. The molecule has 0 radical (unpaired) electrons.